The third-order valence-corrected chi connectivity index (χ3v) is 3.62. The molecule has 1 aromatic carbocycles. The van der Waals surface area contributed by atoms with E-state index >= 15 is 0 Å². The minimum Gasteiger partial charge on any atom is -0.396 e. The van der Waals surface area contributed by atoms with Crippen molar-refractivity contribution in [2.45, 2.75) is 13.3 Å². The molecule has 0 spiro atoms. The Hall–Kier alpha value is -1.73. The number of nitrogens with two attached hydrogens (primary N) is 1. The lowest BCUT2D eigenvalue weighted by Gasteiger charge is -2.15. The van der Waals surface area contributed by atoms with Gasteiger partial charge < -0.3 is 16.0 Å². The molecule has 1 saturated heterocycles. The van der Waals surface area contributed by atoms with E-state index in [1.807, 2.05) is 12.1 Å². The second-order valence-corrected chi connectivity index (χ2v) is 4.81. The molecule has 1 aromatic rings. The number of nitriles is 1. The molecule has 4 heteroatoms. The quantitative estimate of drug-likeness (QED) is 0.794. The highest BCUT2D eigenvalue weighted by molar-refractivity contribution is 5.72. The van der Waals surface area contributed by atoms with Gasteiger partial charge >= 0.3 is 0 Å². The molecule has 0 aliphatic carbocycles. The van der Waals surface area contributed by atoms with Crippen molar-refractivity contribution < 1.29 is 0 Å². The Morgan fingerprint density at radius 1 is 1.56 bits per heavy atom. The SMILES string of the molecule is CCN1CCC(CNc2cccc(C#N)c2N)C1. The van der Waals surface area contributed by atoms with E-state index in [4.69, 9.17) is 11.0 Å². The standard InChI is InChI=1S/C14H20N4/c1-2-18-7-6-11(10-18)9-17-13-5-3-4-12(8-15)14(13)16/h3-5,11,17H,2,6-7,9-10,16H2,1H3. The number of rotatable bonds is 4. The molecular formula is C14H20N4. The summed E-state index contributed by atoms with van der Waals surface area (Å²) in [6.45, 7) is 6.60. The van der Waals surface area contributed by atoms with Crippen LogP contribution in [0.15, 0.2) is 18.2 Å². The van der Waals surface area contributed by atoms with Crippen molar-refractivity contribution in [1.82, 2.24) is 4.90 Å². The number of likely N-dealkylation sites (tertiary alicyclic amines) is 1. The number of nitrogen functional groups attached to an aromatic ring is 1. The summed E-state index contributed by atoms with van der Waals surface area (Å²) in [5.41, 5.74) is 7.92. The van der Waals surface area contributed by atoms with Crippen LogP contribution in [0.4, 0.5) is 11.4 Å². The molecule has 0 aromatic heterocycles. The molecule has 2 rings (SSSR count). The number of nitrogens with zero attached hydrogens (tertiary/aromatic N) is 2. The van der Waals surface area contributed by atoms with Crippen LogP contribution in [0.2, 0.25) is 0 Å². The maximum atomic E-state index is 8.92. The highest BCUT2D eigenvalue weighted by Gasteiger charge is 2.20. The fraction of sp³-hybridized carbons (Fsp3) is 0.500. The zero-order valence-electron chi connectivity index (χ0n) is 10.8. The summed E-state index contributed by atoms with van der Waals surface area (Å²) in [6.07, 6.45) is 1.23. The van der Waals surface area contributed by atoms with Crippen LogP contribution in [0.1, 0.15) is 18.9 Å². The van der Waals surface area contributed by atoms with Gasteiger partial charge in [-0.05, 0) is 37.6 Å². The molecule has 1 aliphatic rings. The van der Waals surface area contributed by atoms with Gasteiger partial charge in [-0.1, -0.05) is 13.0 Å². The van der Waals surface area contributed by atoms with Crippen LogP contribution >= 0.6 is 0 Å². The van der Waals surface area contributed by atoms with Crippen molar-refractivity contribution in [3.05, 3.63) is 23.8 Å². The third kappa shape index (κ3) is 2.74. The van der Waals surface area contributed by atoms with Crippen molar-refractivity contribution in [2.75, 3.05) is 37.2 Å². The van der Waals surface area contributed by atoms with Gasteiger partial charge in [-0.15, -0.1) is 0 Å². The first-order chi connectivity index (χ1) is 8.74. The molecule has 1 unspecified atom stereocenters. The zero-order chi connectivity index (χ0) is 13.0. The number of para-hydroxylation sites is 1. The smallest absolute Gasteiger partial charge is 0.101 e. The van der Waals surface area contributed by atoms with E-state index in [2.05, 4.69) is 23.2 Å². The van der Waals surface area contributed by atoms with Gasteiger partial charge in [-0.2, -0.15) is 5.26 Å². The molecule has 4 nitrogen and oxygen atoms in total. The second kappa shape index (κ2) is 5.74. The molecule has 1 fully saturated rings. The van der Waals surface area contributed by atoms with Crippen LogP contribution < -0.4 is 11.1 Å². The van der Waals surface area contributed by atoms with E-state index in [1.165, 1.54) is 13.0 Å². The van der Waals surface area contributed by atoms with Gasteiger partial charge in [0, 0.05) is 13.1 Å². The van der Waals surface area contributed by atoms with Gasteiger partial charge in [0.05, 0.1) is 16.9 Å². The van der Waals surface area contributed by atoms with E-state index in [9.17, 15) is 0 Å². The van der Waals surface area contributed by atoms with Crippen molar-refractivity contribution in [1.29, 1.82) is 5.26 Å². The minimum atomic E-state index is 0.543. The lowest BCUT2D eigenvalue weighted by Crippen LogP contribution is -2.22. The third-order valence-electron chi connectivity index (χ3n) is 3.62. The molecule has 0 bridgehead atoms. The topological polar surface area (TPSA) is 65.1 Å². The van der Waals surface area contributed by atoms with Crippen molar-refractivity contribution in [3.8, 4) is 6.07 Å². The van der Waals surface area contributed by atoms with E-state index in [1.54, 1.807) is 6.07 Å². The number of hydrogen-bond donors (Lipinski definition) is 2. The highest BCUT2D eigenvalue weighted by Crippen LogP contribution is 2.23. The summed E-state index contributed by atoms with van der Waals surface area (Å²) < 4.78 is 0. The van der Waals surface area contributed by atoms with E-state index in [0.717, 1.165) is 25.3 Å². The van der Waals surface area contributed by atoms with E-state index in [-0.39, 0.29) is 0 Å². The van der Waals surface area contributed by atoms with Crippen LogP contribution in [0.25, 0.3) is 0 Å². The largest absolute Gasteiger partial charge is 0.396 e. The molecule has 1 atom stereocenters. The Labute approximate surface area is 108 Å². The average molecular weight is 244 g/mol. The summed E-state index contributed by atoms with van der Waals surface area (Å²) >= 11 is 0. The Morgan fingerprint density at radius 3 is 3.06 bits per heavy atom. The predicted octanol–water partition coefficient (Wildman–Crippen LogP) is 1.89. The molecule has 1 aliphatic heterocycles. The van der Waals surface area contributed by atoms with Crippen LogP contribution in [-0.2, 0) is 0 Å². The molecule has 0 saturated carbocycles. The van der Waals surface area contributed by atoms with E-state index < -0.39 is 0 Å². The Morgan fingerprint density at radius 2 is 2.39 bits per heavy atom. The number of benzene rings is 1. The molecule has 0 radical (unpaired) electrons. The summed E-state index contributed by atoms with van der Waals surface area (Å²) in [6, 6.07) is 7.65. The van der Waals surface area contributed by atoms with Gasteiger partial charge in [0.2, 0.25) is 0 Å². The van der Waals surface area contributed by atoms with E-state index in [0.29, 0.717) is 17.2 Å². The fourth-order valence-electron chi connectivity index (χ4n) is 2.44. The van der Waals surface area contributed by atoms with Crippen molar-refractivity contribution in [3.63, 3.8) is 0 Å². The molecular weight excluding hydrogens is 224 g/mol. The number of anilines is 2. The van der Waals surface area contributed by atoms with Gasteiger partial charge in [-0.3, -0.25) is 0 Å². The summed E-state index contributed by atoms with van der Waals surface area (Å²) in [7, 11) is 0. The monoisotopic (exact) mass is 244 g/mol. The summed E-state index contributed by atoms with van der Waals surface area (Å²) in [4.78, 5) is 2.46. The number of hydrogen-bond acceptors (Lipinski definition) is 4. The molecule has 96 valence electrons. The highest BCUT2D eigenvalue weighted by atomic mass is 15.1. The van der Waals surface area contributed by atoms with Crippen molar-refractivity contribution >= 4 is 11.4 Å². The first kappa shape index (κ1) is 12.7. The zero-order valence-corrected chi connectivity index (χ0v) is 10.8. The Balaban J connectivity index is 1.93. The van der Waals surface area contributed by atoms with Gasteiger partial charge in [0.15, 0.2) is 0 Å². The Kier molecular flexibility index (Phi) is 4.06. The maximum absolute atomic E-state index is 8.92. The van der Waals surface area contributed by atoms with Crippen LogP contribution in [-0.4, -0.2) is 31.1 Å². The van der Waals surface area contributed by atoms with Gasteiger partial charge in [0.1, 0.15) is 6.07 Å². The van der Waals surface area contributed by atoms with Gasteiger partial charge in [-0.25, -0.2) is 0 Å². The molecule has 1 heterocycles. The van der Waals surface area contributed by atoms with Gasteiger partial charge in [0.25, 0.3) is 0 Å². The normalized spacial score (nSPS) is 19.7. The average Bonchev–Trinajstić information content (AvgIpc) is 2.85. The first-order valence-electron chi connectivity index (χ1n) is 6.49. The lowest BCUT2D eigenvalue weighted by molar-refractivity contribution is 0.345. The fourth-order valence-corrected chi connectivity index (χ4v) is 2.44. The van der Waals surface area contributed by atoms with Crippen LogP contribution in [0.3, 0.4) is 0 Å². The molecule has 0 amide bonds. The minimum absolute atomic E-state index is 0.543. The first-order valence-corrected chi connectivity index (χ1v) is 6.49. The van der Waals surface area contributed by atoms with Crippen molar-refractivity contribution in [2.24, 2.45) is 5.92 Å². The molecule has 18 heavy (non-hydrogen) atoms. The summed E-state index contributed by atoms with van der Waals surface area (Å²) in [5, 5.41) is 12.3. The van der Waals surface area contributed by atoms with Crippen LogP contribution in [0, 0.1) is 17.2 Å². The Bertz CT molecular complexity index is 450. The summed E-state index contributed by atoms with van der Waals surface area (Å²) in [5.74, 6) is 0.676. The lowest BCUT2D eigenvalue weighted by atomic mass is 10.1. The van der Waals surface area contributed by atoms with Crippen LogP contribution in [0.5, 0.6) is 0 Å². The predicted molar refractivity (Wildman–Crippen MR) is 74.3 cm³/mol. The maximum Gasteiger partial charge on any atom is 0.101 e. The number of nitrogens with one attached hydrogen (secondary N) is 1. The molecule has 3 N–H and O–H groups in total. The second-order valence-electron chi connectivity index (χ2n) is 4.81.